The number of halogens is 6. The minimum Gasteiger partial charge on any atom is -0.429 e. The maximum atomic E-state index is 14.7. The van der Waals surface area contributed by atoms with E-state index in [1.807, 2.05) is 0 Å². The minimum absolute atomic E-state index is 0.0422. The van der Waals surface area contributed by atoms with E-state index in [4.69, 9.17) is 4.74 Å². The zero-order valence-electron chi connectivity index (χ0n) is 20.4. The minimum atomic E-state index is -3.46. The van der Waals surface area contributed by atoms with Crippen LogP contribution in [0.1, 0.15) is 45.4 Å². The molecular weight excluding hydrogens is 490 g/mol. The third kappa shape index (κ3) is 6.76. The molecule has 0 unspecified atom stereocenters. The smallest absolute Gasteiger partial charge is 0.419 e. The molecule has 196 valence electrons. The summed E-state index contributed by atoms with van der Waals surface area (Å²) in [6.07, 6.45) is 5.20. The molecule has 0 aliphatic heterocycles. The molecule has 0 spiro atoms. The van der Waals surface area contributed by atoms with E-state index in [9.17, 15) is 26.3 Å². The number of hydrogen-bond donors (Lipinski definition) is 0. The molecule has 0 atom stereocenters. The van der Waals surface area contributed by atoms with Crippen LogP contribution in [0, 0.1) is 35.1 Å². The van der Waals surface area contributed by atoms with E-state index in [2.05, 4.69) is 6.92 Å². The summed E-state index contributed by atoms with van der Waals surface area (Å²) in [5.74, 6) is -4.45. The Bertz CT molecular complexity index is 1220. The highest BCUT2D eigenvalue weighted by Crippen LogP contribution is 2.34. The summed E-state index contributed by atoms with van der Waals surface area (Å²) >= 11 is 0. The van der Waals surface area contributed by atoms with Crippen LogP contribution in [0.15, 0.2) is 66.7 Å². The lowest BCUT2D eigenvalue weighted by Gasteiger charge is -2.26. The van der Waals surface area contributed by atoms with Crippen molar-refractivity contribution in [3.8, 4) is 28.0 Å². The first-order valence-electron chi connectivity index (χ1n) is 12.5. The number of benzene rings is 3. The molecule has 0 amide bonds. The third-order valence-electron chi connectivity index (χ3n) is 6.86. The van der Waals surface area contributed by atoms with Gasteiger partial charge in [0.15, 0.2) is 17.5 Å². The Morgan fingerprint density at radius 1 is 0.784 bits per heavy atom. The van der Waals surface area contributed by atoms with E-state index in [0.717, 1.165) is 44.2 Å². The molecule has 1 saturated carbocycles. The Hall–Kier alpha value is -3.22. The van der Waals surface area contributed by atoms with E-state index in [-0.39, 0.29) is 22.8 Å². The predicted octanol–water partition coefficient (Wildman–Crippen LogP) is 9.71. The predicted molar refractivity (Wildman–Crippen MR) is 132 cm³/mol. The van der Waals surface area contributed by atoms with Gasteiger partial charge in [-0.25, -0.2) is 17.6 Å². The molecule has 1 nitrogen and oxygen atoms in total. The average Bonchev–Trinajstić information content (AvgIpc) is 2.87. The van der Waals surface area contributed by atoms with Gasteiger partial charge in [0.2, 0.25) is 0 Å². The molecule has 0 N–H and O–H groups in total. The summed E-state index contributed by atoms with van der Waals surface area (Å²) in [6, 6.07) is 11.2. The fourth-order valence-electron chi connectivity index (χ4n) is 4.87. The SMILES string of the molecule is CCCC1CCC(C=CC(F)(F)Oc2ccc(-c3ccc(-c4cc(F)c(F)c(F)c4)c(F)c3)cc2)CC1. The van der Waals surface area contributed by atoms with E-state index in [1.54, 1.807) is 6.08 Å². The number of ether oxygens (including phenoxy) is 1. The molecule has 3 aromatic rings. The van der Waals surface area contributed by atoms with E-state index < -0.39 is 29.4 Å². The van der Waals surface area contributed by atoms with E-state index in [0.29, 0.717) is 29.2 Å². The highest BCUT2D eigenvalue weighted by atomic mass is 19.3. The van der Waals surface area contributed by atoms with Gasteiger partial charge in [0, 0.05) is 11.6 Å². The molecule has 0 bridgehead atoms. The Kier molecular flexibility index (Phi) is 8.30. The maximum absolute atomic E-state index is 14.7. The number of alkyl halides is 2. The van der Waals surface area contributed by atoms with Crippen LogP contribution in [0.3, 0.4) is 0 Å². The summed E-state index contributed by atoms with van der Waals surface area (Å²) in [6.45, 7) is 2.16. The molecule has 1 aliphatic rings. The lowest BCUT2D eigenvalue weighted by molar-refractivity contribution is -0.132. The molecular formula is C30H28F6O. The quantitative estimate of drug-likeness (QED) is 0.164. The fraction of sp³-hybridized carbons (Fsp3) is 0.333. The van der Waals surface area contributed by atoms with Gasteiger partial charge in [0.1, 0.15) is 11.6 Å². The monoisotopic (exact) mass is 518 g/mol. The average molecular weight is 519 g/mol. The number of allylic oxidation sites excluding steroid dienone is 1. The Morgan fingerprint density at radius 2 is 1.38 bits per heavy atom. The van der Waals surface area contributed by atoms with Crippen molar-refractivity contribution in [3.05, 3.63) is 90.0 Å². The first-order chi connectivity index (χ1) is 17.6. The van der Waals surface area contributed by atoms with Crippen LogP contribution >= 0.6 is 0 Å². The van der Waals surface area contributed by atoms with Gasteiger partial charge in [0.25, 0.3) is 0 Å². The third-order valence-corrected chi connectivity index (χ3v) is 6.86. The summed E-state index contributed by atoms with van der Waals surface area (Å²) in [5.41, 5.74) is 0.693. The molecule has 1 fully saturated rings. The lowest BCUT2D eigenvalue weighted by Crippen LogP contribution is -2.22. The van der Waals surface area contributed by atoms with Gasteiger partial charge in [-0.2, -0.15) is 8.78 Å². The second-order valence-electron chi connectivity index (χ2n) is 9.57. The van der Waals surface area contributed by atoms with Gasteiger partial charge in [-0.15, -0.1) is 0 Å². The van der Waals surface area contributed by atoms with Gasteiger partial charge in [-0.05, 0) is 84.5 Å². The molecule has 3 aromatic carbocycles. The van der Waals surface area contributed by atoms with Crippen LogP contribution in [0.5, 0.6) is 5.75 Å². The zero-order chi connectivity index (χ0) is 26.6. The molecule has 1 aliphatic carbocycles. The van der Waals surface area contributed by atoms with Crippen molar-refractivity contribution in [1.29, 1.82) is 0 Å². The van der Waals surface area contributed by atoms with E-state index >= 15 is 0 Å². The van der Waals surface area contributed by atoms with Gasteiger partial charge in [-0.3, -0.25) is 0 Å². The number of rotatable bonds is 8. The van der Waals surface area contributed by atoms with Gasteiger partial charge in [-0.1, -0.05) is 50.1 Å². The van der Waals surface area contributed by atoms with E-state index in [1.165, 1.54) is 42.8 Å². The summed E-state index contributed by atoms with van der Waals surface area (Å²) < 4.78 is 88.7. The maximum Gasteiger partial charge on any atom is 0.419 e. The van der Waals surface area contributed by atoms with Gasteiger partial charge < -0.3 is 4.74 Å². The second kappa shape index (κ2) is 11.4. The van der Waals surface area contributed by atoms with Crippen molar-refractivity contribution in [1.82, 2.24) is 0 Å². The lowest BCUT2D eigenvalue weighted by atomic mass is 9.80. The molecule has 0 saturated heterocycles. The molecule has 0 aromatic heterocycles. The van der Waals surface area contributed by atoms with Crippen molar-refractivity contribution < 1.29 is 31.1 Å². The normalized spacial score (nSPS) is 18.4. The summed E-state index contributed by atoms with van der Waals surface area (Å²) in [4.78, 5) is 0. The highest BCUT2D eigenvalue weighted by molar-refractivity contribution is 5.71. The van der Waals surface area contributed by atoms with Crippen LogP contribution in [0.2, 0.25) is 0 Å². The first kappa shape index (κ1) is 26.8. The van der Waals surface area contributed by atoms with Crippen molar-refractivity contribution in [2.75, 3.05) is 0 Å². The standard InChI is InChI=1S/C30H28F6O/c1-2-3-19-4-6-20(7-5-19)14-15-30(35,36)37-24-11-8-21(9-12-24)22-10-13-25(26(31)16-22)23-17-27(32)29(34)28(33)18-23/h8-20H,2-7H2,1H3. The van der Waals surface area contributed by atoms with Gasteiger partial charge in [0.05, 0.1) is 0 Å². The summed E-state index contributed by atoms with van der Waals surface area (Å²) in [5, 5.41) is 0. The van der Waals surface area contributed by atoms with Crippen LogP contribution in [0.25, 0.3) is 22.3 Å². The van der Waals surface area contributed by atoms with Crippen molar-refractivity contribution in [2.24, 2.45) is 11.8 Å². The Labute approximate surface area is 212 Å². The van der Waals surface area contributed by atoms with Crippen LogP contribution < -0.4 is 4.74 Å². The number of hydrogen-bond acceptors (Lipinski definition) is 1. The molecule has 0 heterocycles. The van der Waals surface area contributed by atoms with Gasteiger partial charge >= 0.3 is 6.11 Å². The fourth-order valence-corrected chi connectivity index (χ4v) is 4.87. The van der Waals surface area contributed by atoms with Crippen LogP contribution in [0.4, 0.5) is 26.3 Å². The van der Waals surface area contributed by atoms with Crippen LogP contribution in [-0.4, -0.2) is 6.11 Å². The molecule has 0 radical (unpaired) electrons. The van der Waals surface area contributed by atoms with Crippen molar-refractivity contribution in [2.45, 2.75) is 51.6 Å². The Morgan fingerprint density at radius 3 is 1.97 bits per heavy atom. The first-order valence-corrected chi connectivity index (χ1v) is 12.5. The topological polar surface area (TPSA) is 9.23 Å². The highest BCUT2D eigenvalue weighted by Gasteiger charge is 2.29. The van der Waals surface area contributed by atoms with Crippen molar-refractivity contribution in [3.63, 3.8) is 0 Å². The second-order valence-corrected chi connectivity index (χ2v) is 9.57. The molecule has 7 heteroatoms. The van der Waals surface area contributed by atoms with Crippen LogP contribution in [-0.2, 0) is 0 Å². The zero-order valence-corrected chi connectivity index (χ0v) is 20.4. The summed E-state index contributed by atoms with van der Waals surface area (Å²) in [7, 11) is 0. The molecule has 4 rings (SSSR count). The largest absolute Gasteiger partial charge is 0.429 e. The molecule has 37 heavy (non-hydrogen) atoms. The Balaban J connectivity index is 1.40. The van der Waals surface area contributed by atoms with Crippen molar-refractivity contribution >= 4 is 0 Å².